The zero-order valence-corrected chi connectivity index (χ0v) is 13.9. The summed E-state index contributed by atoms with van der Waals surface area (Å²) in [7, 11) is 0. The van der Waals surface area contributed by atoms with E-state index in [0.717, 1.165) is 5.56 Å². The van der Waals surface area contributed by atoms with Crippen LogP contribution >= 0.6 is 0 Å². The summed E-state index contributed by atoms with van der Waals surface area (Å²) < 4.78 is 5.19. The van der Waals surface area contributed by atoms with Crippen LogP contribution in [0.15, 0.2) is 54.6 Å². The minimum atomic E-state index is -0.526. The first kappa shape index (κ1) is 17.5. The average Bonchev–Trinajstić information content (AvgIpc) is 2.52. The van der Waals surface area contributed by atoms with Crippen molar-refractivity contribution < 1.29 is 19.4 Å². The van der Waals surface area contributed by atoms with Crippen LogP contribution in [0.5, 0.6) is 5.75 Å². The number of aromatic hydroxyl groups is 1. The predicted octanol–water partition coefficient (Wildman–Crippen LogP) is 3.98. The van der Waals surface area contributed by atoms with Crippen molar-refractivity contribution in [1.29, 1.82) is 0 Å². The summed E-state index contributed by atoms with van der Waals surface area (Å²) in [4.78, 5) is 24.0. The Morgan fingerprint density at radius 3 is 1.92 bits per heavy atom. The Kier molecular flexibility index (Phi) is 5.19. The van der Waals surface area contributed by atoms with Crippen LogP contribution in [0.2, 0.25) is 0 Å². The predicted molar refractivity (Wildman–Crippen MR) is 92.9 cm³/mol. The van der Waals surface area contributed by atoms with Gasteiger partial charge in [-0.3, -0.25) is 4.79 Å². The van der Waals surface area contributed by atoms with Gasteiger partial charge < -0.3 is 9.84 Å². The van der Waals surface area contributed by atoms with Crippen LogP contribution < -0.4 is 0 Å². The Morgan fingerprint density at radius 2 is 1.42 bits per heavy atom. The highest BCUT2D eigenvalue weighted by molar-refractivity contribution is 6.09. The number of ketones is 1. The zero-order valence-electron chi connectivity index (χ0n) is 13.9. The molecule has 124 valence electrons. The van der Waals surface area contributed by atoms with Crippen LogP contribution in [-0.2, 0) is 9.53 Å². The number of rotatable bonds is 4. The summed E-state index contributed by atoms with van der Waals surface area (Å²) in [5.41, 5.74) is 1.31. The van der Waals surface area contributed by atoms with Gasteiger partial charge in [-0.15, -0.1) is 0 Å². The maximum atomic E-state index is 12.3. The van der Waals surface area contributed by atoms with Crippen molar-refractivity contribution in [2.45, 2.75) is 26.4 Å². The number of hydrogen-bond donors (Lipinski definition) is 1. The van der Waals surface area contributed by atoms with Crippen LogP contribution in [0.1, 0.15) is 42.3 Å². The van der Waals surface area contributed by atoms with E-state index < -0.39 is 11.6 Å². The summed E-state index contributed by atoms with van der Waals surface area (Å²) in [5.74, 6) is -0.418. The summed E-state index contributed by atoms with van der Waals surface area (Å²) in [5, 5.41) is 9.26. The number of carbonyl (C=O) groups is 2. The molecule has 0 bridgehead atoms. The van der Waals surface area contributed by atoms with E-state index in [-0.39, 0.29) is 11.5 Å². The number of phenolic OH excluding ortho intramolecular Hbond substituents is 1. The first-order chi connectivity index (χ1) is 11.2. The van der Waals surface area contributed by atoms with Crippen molar-refractivity contribution in [3.05, 3.63) is 71.3 Å². The van der Waals surface area contributed by atoms with E-state index in [1.54, 1.807) is 42.5 Å². The van der Waals surface area contributed by atoms with Crippen LogP contribution in [0.4, 0.5) is 0 Å². The molecule has 1 N–H and O–H groups in total. The van der Waals surface area contributed by atoms with E-state index in [4.69, 9.17) is 4.74 Å². The van der Waals surface area contributed by atoms with Crippen molar-refractivity contribution in [3.8, 4) is 5.75 Å². The Bertz CT molecular complexity index is 748. The molecule has 0 unspecified atom stereocenters. The fraction of sp³-hybridized carbons (Fsp3) is 0.200. The molecule has 4 heteroatoms. The molecule has 0 saturated heterocycles. The van der Waals surface area contributed by atoms with Crippen LogP contribution in [0, 0.1) is 0 Å². The van der Waals surface area contributed by atoms with Gasteiger partial charge in [0.2, 0.25) is 0 Å². The lowest BCUT2D eigenvalue weighted by molar-refractivity contribution is -0.148. The Balaban J connectivity index is 2.06. The van der Waals surface area contributed by atoms with Gasteiger partial charge in [-0.05, 0) is 56.7 Å². The first-order valence-electron chi connectivity index (χ1n) is 7.59. The van der Waals surface area contributed by atoms with Gasteiger partial charge in [-0.1, -0.05) is 24.3 Å². The van der Waals surface area contributed by atoms with Crippen molar-refractivity contribution in [2.75, 3.05) is 0 Å². The summed E-state index contributed by atoms with van der Waals surface area (Å²) >= 11 is 0. The minimum Gasteiger partial charge on any atom is -0.508 e. The maximum absolute atomic E-state index is 12.3. The highest BCUT2D eigenvalue weighted by atomic mass is 16.6. The van der Waals surface area contributed by atoms with Crippen LogP contribution in [0.3, 0.4) is 0 Å². The Labute approximate surface area is 141 Å². The fourth-order valence-corrected chi connectivity index (χ4v) is 2.03. The van der Waals surface area contributed by atoms with Gasteiger partial charge >= 0.3 is 5.97 Å². The van der Waals surface area contributed by atoms with Crippen molar-refractivity contribution in [2.24, 2.45) is 0 Å². The smallest absolute Gasteiger partial charge is 0.331 e. The summed E-state index contributed by atoms with van der Waals surface area (Å²) in [6, 6.07) is 13.0. The second kappa shape index (κ2) is 7.13. The van der Waals surface area contributed by atoms with Gasteiger partial charge in [0.25, 0.3) is 0 Å². The van der Waals surface area contributed by atoms with E-state index in [0.29, 0.717) is 11.1 Å². The summed E-state index contributed by atoms with van der Waals surface area (Å²) in [6.45, 7) is 5.42. The molecule has 0 saturated carbocycles. The largest absolute Gasteiger partial charge is 0.508 e. The molecule has 0 atom stereocenters. The third kappa shape index (κ3) is 5.09. The van der Waals surface area contributed by atoms with E-state index in [9.17, 15) is 14.7 Å². The SMILES string of the molecule is CC(C)(C)OC(=O)/C=C/c1ccc(C(=O)c2ccc(O)cc2)cc1. The molecule has 24 heavy (non-hydrogen) atoms. The molecule has 4 nitrogen and oxygen atoms in total. The lowest BCUT2D eigenvalue weighted by Crippen LogP contribution is -2.22. The molecule has 2 rings (SSSR count). The molecule has 0 heterocycles. The highest BCUT2D eigenvalue weighted by Gasteiger charge is 2.14. The highest BCUT2D eigenvalue weighted by Crippen LogP contribution is 2.15. The van der Waals surface area contributed by atoms with Gasteiger partial charge in [-0.25, -0.2) is 4.79 Å². The Morgan fingerprint density at radius 1 is 0.917 bits per heavy atom. The Hall–Kier alpha value is -2.88. The molecule has 0 aliphatic carbocycles. The molecule has 0 spiro atoms. The normalized spacial score (nSPS) is 11.5. The lowest BCUT2D eigenvalue weighted by atomic mass is 10.0. The van der Waals surface area contributed by atoms with Gasteiger partial charge in [0.05, 0.1) is 0 Å². The maximum Gasteiger partial charge on any atom is 0.331 e. The molecular formula is C20H20O4. The van der Waals surface area contributed by atoms with Gasteiger partial charge in [0.1, 0.15) is 11.4 Å². The molecule has 0 aliphatic rings. The molecule has 2 aromatic carbocycles. The van der Waals surface area contributed by atoms with Crippen LogP contribution in [-0.4, -0.2) is 22.5 Å². The third-order valence-electron chi connectivity index (χ3n) is 3.12. The standard InChI is InChI=1S/C20H20O4/c1-20(2,3)24-18(22)13-6-14-4-7-15(8-5-14)19(23)16-9-11-17(21)12-10-16/h4-13,21H,1-3H3/b13-6+. The second-order valence-corrected chi connectivity index (χ2v) is 6.36. The number of carbonyl (C=O) groups excluding carboxylic acids is 2. The quantitative estimate of drug-likeness (QED) is 0.525. The fourth-order valence-electron chi connectivity index (χ4n) is 2.03. The van der Waals surface area contributed by atoms with Gasteiger partial charge in [-0.2, -0.15) is 0 Å². The molecule has 2 aromatic rings. The lowest BCUT2D eigenvalue weighted by Gasteiger charge is -2.17. The second-order valence-electron chi connectivity index (χ2n) is 6.36. The van der Waals surface area contributed by atoms with E-state index in [1.165, 1.54) is 18.2 Å². The molecule has 0 fully saturated rings. The van der Waals surface area contributed by atoms with Crippen molar-refractivity contribution in [1.82, 2.24) is 0 Å². The van der Waals surface area contributed by atoms with E-state index >= 15 is 0 Å². The molecule has 0 aromatic heterocycles. The van der Waals surface area contributed by atoms with Crippen molar-refractivity contribution >= 4 is 17.8 Å². The topological polar surface area (TPSA) is 63.6 Å². The van der Waals surface area contributed by atoms with E-state index in [1.807, 2.05) is 20.8 Å². The summed E-state index contributed by atoms with van der Waals surface area (Å²) in [6.07, 6.45) is 3.00. The van der Waals surface area contributed by atoms with Crippen LogP contribution in [0.25, 0.3) is 6.08 Å². The van der Waals surface area contributed by atoms with E-state index in [2.05, 4.69) is 0 Å². The van der Waals surface area contributed by atoms with Crippen molar-refractivity contribution in [3.63, 3.8) is 0 Å². The number of hydrogen-bond acceptors (Lipinski definition) is 4. The number of phenols is 1. The molecule has 0 amide bonds. The first-order valence-corrected chi connectivity index (χ1v) is 7.59. The number of ether oxygens (including phenoxy) is 1. The average molecular weight is 324 g/mol. The molecule has 0 aliphatic heterocycles. The number of esters is 1. The third-order valence-corrected chi connectivity index (χ3v) is 3.12. The zero-order chi connectivity index (χ0) is 17.7. The minimum absolute atomic E-state index is 0.120. The molecular weight excluding hydrogens is 304 g/mol. The number of benzene rings is 2. The monoisotopic (exact) mass is 324 g/mol. The van der Waals surface area contributed by atoms with Gasteiger partial charge in [0, 0.05) is 17.2 Å². The molecule has 0 radical (unpaired) electrons. The van der Waals surface area contributed by atoms with Gasteiger partial charge in [0.15, 0.2) is 5.78 Å².